The van der Waals surface area contributed by atoms with Crippen molar-refractivity contribution >= 4 is 15.7 Å². The molecule has 0 saturated heterocycles. The molecule has 0 unspecified atom stereocenters. The number of non-ortho nitro benzene ring substituents is 1. The highest BCUT2D eigenvalue weighted by molar-refractivity contribution is 7.89. The highest BCUT2D eigenvalue weighted by Crippen LogP contribution is 2.29. The van der Waals surface area contributed by atoms with Crippen LogP contribution in [-0.2, 0) is 10.0 Å². The van der Waals surface area contributed by atoms with Crippen molar-refractivity contribution in [2.45, 2.75) is 58.4 Å². The van der Waals surface area contributed by atoms with Crippen molar-refractivity contribution in [1.29, 1.82) is 0 Å². The molecule has 1 N–H and O–H groups in total. The van der Waals surface area contributed by atoms with Crippen LogP contribution in [0.1, 0.15) is 46.6 Å². The van der Waals surface area contributed by atoms with Crippen molar-refractivity contribution in [1.82, 2.24) is 4.72 Å². The third-order valence-corrected chi connectivity index (χ3v) is 4.90. The van der Waals surface area contributed by atoms with E-state index in [2.05, 4.69) is 4.72 Å². The van der Waals surface area contributed by atoms with Gasteiger partial charge in [-0.3, -0.25) is 10.1 Å². The number of nitro benzene ring substituents is 1. The van der Waals surface area contributed by atoms with E-state index in [1.165, 1.54) is 12.1 Å². The fourth-order valence-corrected chi connectivity index (χ4v) is 4.45. The maximum absolute atomic E-state index is 12.6. The highest BCUT2D eigenvalue weighted by atomic mass is 32.2. The first kappa shape index (κ1) is 18.6. The Hall–Kier alpha value is -1.47. The Balaban J connectivity index is 3.20. The fourth-order valence-electron chi connectivity index (χ4n) is 2.77. The molecule has 0 spiro atoms. The summed E-state index contributed by atoms with van der Waals surface area (Å²) in [5.41, 5.74) is -0.470. The molecule has 0 aliphatic rings. The number of rotatable bonds is 5. The Labute approximate surface area is 132 Å². The number of hydrogen-bond acceptors (Lipinski definition) is 4. The van der Waals surface area contributed by atoms with Crippen LogP contribution < -0.4 is 4.72 Å². The van der Waals surface area contributed by atoms with Crippen molar-refractivity contribution in [3.05, 3.63) is 33.9 Å². The van der Waals surface area contributed by atoms with Crippen LogP contribution in [0.4, 0.5) is 5.69 Å². The topological polar surface area (TPSA) is 89.3 Å². The molecule has 0 heterocycles. The molecule has 0 fully saturated rings. The molecule has 6 nitrogen and oxygen atoms in total. The molecule has 0 aromatic heterocycles. The molecule has 1 rings (SSSR count). The lowest BCUT2D eigenvalue weighted by molar-refractivity contribution is -0.385. The lowest BCUT2D eigenvalue weighted by atomic mass is 9.82. The van der Waals surface area contributed by atoms with Gasteiger partial charge in [-0.05, 0) is 38.2 Å². The van der Waals surface area contributed by atoms with Gasteiger partial charge in [0.1, 0.15) is 0 Å². The SMILES string of the molecule is Cc1ccc([N+](=O)[O-])cc1S(=O)(=O)NC(C)(C)CC(C)(C)C. The van der Waals surface area contributed by atoms with Crippen molar-refractivity contribution in [2.24, 2.45) is 5.41 Å². The molecule has 0 amide bonds. The van der Waals surface area contributed by atoms with Crippen LogP contribution in [0.3, 0.4) is 0 Å². The normalized spacial score (nSPS) is 13.2. The van der Waals surface area contributed by atoms with E-state index in [1.807, 2.05) is 34.6 Å². The first-order chi connectivity index (χ1) is 9.73. The quantitative estimate of drug-likeness (QED) is 0.662. The van der Waals surface area contributed by atoms with Gasteiger partial charge in [0.15, 0.2) is 0 Å². The average molecular weight is 328 g/mol. The van der Waals surface area contributed by atoms with Gasteiger partial charge in [0.2, 0.25) is 10.0 Å². The molecule has 0 atom stereocenters. The number of nitro groups is 1. The van der Waals surface area contributed by atoms with Crippen LogP contribution in [0.15, 0.2) is 23.1 Å². The smallest absolute Gasteiger partial charge is 0.258 e. The average Bonchev–Trinajstić information content (AvgIpc) is 2.23. The summed E-state index contributed by atoms with van der Waals surface area (Å²) in [7, 11) is -3.83. The molecule has 124 valence electrons. The molecule has 7 heteroatoms. The van der Waals surface area contributed by atoms with Crippen LogP contribution >= 0.6 is 0 Å². The van der Waals surface area contributed by atoms with E-state index >= 15 is 0 Å². The van der Waals surface area contributed by atoms with Crippen molar-refractivity contribution < 1.29 is 13.3 Å². The van der Waals surface area contributed by atoms with Gasteiger partial charge in [-0.25, -0.2) is 13.1 Å². The monoisotopic (exact) mass is 328 g/mol. The van der Waals surface area contributed by atoms with Crippen molar-refractivity contribution in [3.8, 4) is 0 Å². The van der Waals surface area contributed by atoms with Crippen LogP contribution in [0, 0.1) is 22.5 Å². The zero-order valence-electron chi connectivity index (χ0n) is 13.9. The van der Waals surface area contributed by atoms with Gasteiger partial charge >= 0.3 is 0 Å². The van der Waals surface area contributed by atoms with E-state index in [0.717, 1.165) is 6.07 Å². The summed E-state index contributed by atoms with van der Waals surface area (Å²) >= 11 is 0. The number of nitrogens with one attached hydrogen (secondary N) is 1. The van der Waals surface area contributed by atoms with E-state index < -0.39 is 20.5 Å². The largest absolute Gasteiger partial charge is 0.270 e. The Bertz CT molecular complexity index is 673. The van der Waals surface area contributed by atoms with E-state index in [1.54, 1.807) is 6.92 Å². The molecular weight excluding hydrogens is 304 g/mol. The molecule has 1 aromatic carbocycles. The third-order valence-electron chi connectivity index (χ3n) is 3.05. The van der Waals surface area contributed by atoms with Crippen LogP contribution in [-0.4, -0.2) is 18.9 Å². The highest BCUT2D eigenvalue weighted by Gasteiger charge is 2.31. The lowest BCUT2D eigenvalue weighted by Gasteiger charge is -2.33. The predicted molar refractivity (Wildman–Crippen MR) is 86.3 cm³/mol. The molecular formula is C15H24N2O4S. The summed E-state index contributed by atoms with van der Waals surface area (Å²) in [6.45, 7) is 11.3. The summed E-state index contributed by atoms with van der Waals surface area (Å²) in [6, 6.07) is 3.85. The van der Waals surface area contributed by atoms with Gasteiger partial charge in [0.05, 0.1) is 9.82 Å². The van der Waals surface area contributed by atoms with E-state index in [9.17, 15) is 18.5 Å². The first-order valence-electron chi connectivity index (χ1n) is 7.03. The maximum atomic E-state index is 12.6. The summed E-state index contributed by atoms with van der Waals surface area (Å²) in [6.07, 6.45) is 0.632. The Kier molecular flexibility index (Phi) is 5.04. The van der Waals surface area contributed by atoms with Gasteiger partial charge in [0.25, 0.3) is 5.69 Å². The first-order valence-corrected chi connectivity index (χ1v) is 8.51. The van der Waals surface area contributed by atoms with Crippen LogP contribution in [0.25, 0.3) is 0 Å². The fraction of sp³-hybridized carbons (Fsp3) is 0.600. The molecule has 1 aromatic rings. The summed E-state index contributed by atoms with van der Waals surface area (Å²) < 4.78 is 27.9. The molecule has 0 bridgehead atoms. The maximum Gasteiger partial charge on any atom is 0.270 e. The van der Waals surface area contributed by atoms with Crippen LogP contribution in [0.2, 0.25) is 0 Å². The molecule has 22 heavy (non-hydrogen) atoms. The van der Waals surface area contributed by atoms with Gasteiger partial charge in [-0.15, -0.1) is 0 Å². The summed E-state index contributed by atoms with van der Waals surface area (Å²) in [5, 5.41) is 10.9. The minimum absolute atomic E-state index is 0.0518. The Morgan fingerprint density at radius 1 is 1.18 bits per heavy atom. The molecule has 0 aliphatic carbocycles. The number of hydrogen-bond donors (Lipinski definition) is 1. The van der Waals surface area contributed by atoms with E-state index in [-0.39, 0.29) is 16.0 Å². The van der Waals surface area contributed by atoms with Gasteiger partial charge in [-0.2, -0.15) is 0 Å². The van der Waals surface area contributed by atoms with E-state index in [4.69, 9.17) is 0 Å². The standard InChI is InChI=1S/C15H24N2O4S/c1-11-7-8-12(17(18)19)9-13(11)22(20,21)16-15(5,6)10-14(2,3)4/h7-9,16H,10H2,1-6H3. The molecule has 0 radical (unpaired) electrons. The number of benzene rings is 1. The second kappa shape index (κ2) is 5.96. The third kappa shape index (κ3) is 5.06. The van der Waals surface area contributed by atoms with Crippen LogP contribution in [0.5, 0.6) is 0 Å². The van der Waals surface area contributed by atoms with E-state index in [0.29, 0.717) is 12.0 Å². The zero-order chi connectivity index (χ0) is 17.3. The van der Waals surface area contributed by atoms with Gasteiger partial charge < -0.3 is 0 Å². The Morgan fingerprint density at radius 3 is 2.18 bits per heavy atom. The summed E-state index contributed by atoms with van der Waals surface area (Å²) in [4.78, 5) is 10.2. The minimum atomic E-state index is -3.83. The number of aryl methyl sites for hydroxylation is 1. The van der Waals surface area contributed by atoms with Crippen molar-refractivity contribution in [2.75, 3.05) is 0 Å². The lowest BCUT2D eigenvalue weighted by Crippen LogP contribution is -2.45. The second-order valence-corrected chi connectivity index (χ2v) is 9.08. The predicted octanol–water partition coefficient (Wildman–Crippen LogP) is 3.40. The van der Waals surface area contributed by atoms with Gasteiger partial charge in [0, 0.05) is 17.7 Å². The van der Waals surface area contributed by atoms with Gasteiger partial charge in [-0.1, -0.05) is 26.8 Å². The Morgan fingerprint density at radius 2 is 1.73 bits per heavy atom. The number of nitrogens with zero attached hydrogens (tertiary/aromatic N) is 1. The minimum Gasteiger partial charge on any atom is -0.258 e. The number of sulfonamides is 1. The van der Waals surface area contributed by atoms with Crippen molar-refractivity contribution in [3.63, 3.8) is 0 Å². The summed E-state index contributed by atoms with van der Waals surface area (Å²) in [5.74, 6) is 0. The molecule has 0 aliphatic heterocycles. The zero-order valence-corrected chi connectivity index (χ0v) is 14.7. The second-order valence-electron chi connectivity index (χ2n) is 7.43. The molecule has 0 saturated carbocycles.